The van der Waals surface area contributed by atoms with Gasteiger partial charge in [0.2, 0.25) is 0 Å². The van der Waals surface area contributed by atoms with Crippen LogP contribution in [-0.2, 0) is 6.42 Å². The summed E-state index contributed by atoms with van der Waals surface area (Å²) in [5.41, 5.74) is 2.31. The van der Waals surface area contributed by atoms with E-state index in [0.29, 0.717) is 35.3 Å². The molecule has 0 aliphatic heterocycles. The third kappa shape index (κ3) is 4.64. The largest absolute Gasteiger partial charge is 0.464 e. The van der Waals surface area contributed by atoms with E-state index in [4.69, 9.17) is 12.2 Å². The van der Waals surface area contributed by atoms with Gasteiger partial charge in [-0.25, -0.2) is 4.79 Å². The minimum atomic E-state index is -1.00. The lowest BCUT2D eigenvalue weighted by molar-refractivity contribution is 0.0984. The number of para-hydroxylation sites is 1. The molecule has 0 aliphatic rings. The van der Waals surface area contributed by atoms with Crippen molar-refractivity contribution in [2.45, 2.75) is 32.2 Å². The molecule has 1 atom stereocenters. The van der Waals surface area contributed by atoms with Crippen molar-refractivity contribution in [2.24, 2.45) is 0 Å². The van der Waals surface area contributed by atoms with Gasteiger partial charge in [0.15, 0.2) is 5.78 Å². The topological polar surface area (TPSA) is 71.3 Å². The Morgan fingerprint density at radius 2 is 1.75 bits per heavy atom. The molecule has 0 unspecified atom stereocenters. The number of thiocarbonyl (C=S) groups is 1. The molecule has 0 saturated carbocycles. The van der Waals surface area contributed by atoms with E-state index in [1.165, 1.54) is 4.57 Å². The molecular weight excluding hydrogens is 372 g/mol. The standard InChI is InChI=1S/C22H22N2O3S/c1-15(23-21(28)12-11-20(25)16-7-3-2-4-8-16)13-17-14-24(22(26)27)19-10-6-5-9-18(17)19/h2-10,14-15H,11-13H2,1H3,(H,23,28)(H,26,27)/t15-/m1/s1. The van der Waals surface area contributed by atoms with Crippen LogP contribution in [0.2, 0.25) is 0 Å². The van der Waals surface area contributed by atoms with E-state index < -0.39 is 6.09 Å². The van der Waals surface area contributed by atoms with Crippen molar-refractivity contribution in [1.82, 2.24) is 9.88 Å². The molecule has 3 aromatic rings. The first-order valence-electron chi connectivity index (χ1n) is 9.15. The van der Waals surface area contributed by atoms with E-state index in [0.717, 1.165) is 10.9 Å². The molecule has 0 radical (unpaired) electrons. The Labute approximate surface area is 169 Å². The zero-order chi connectivity index (χ0) is 20.1. The lowest BCUT2D eigenvalue weighted by atomic mass is 10.0. The van der Waals surface area contributed by atoms with Gasteiger partial charge in [-0.1, -0.05) is 60.7 Å². The zero-order valence-corrected chi connectivity index (χ0v) is 16.4. The number of nitrogens with zero attached hydrogens (tertiary/aromatic N) is 1. The summed E-state index contributed by atoms with van der Waals surface area (Å²) >= 11 is 5.39. The maximum Gasteiger partial charge on any atom is 0.416 e. The van der Waals surface area contributed by atoms with Crippen molar-refractivity contribution in [1.29, 1.82) is 0 Å². The van der Waals surface area contributed by atoms with Gasteiger partial charge in [-0.2, -0.15) is 0 Å². The van der Waals surface area contributed by atoms with Gasteiger partial charge in [-0.05, 0) is 25.0 Å². The van der Waals surface area contributed by atoms with Crippen molar-refractivity contribution in [3.63, 3.8) is 0 Å². The van der Waals surface area contributed by atoms with E-state index >= 15 is 0 Å². The molecule has 0 bridgehead atoms. The van der Waals surface area contributed by atoms with Gasteiger partial charge in [0, 0.05) is 36.0 Å². The molecule has 2 aromatic carbocycles. The molecule has 1 heterocycles. The molecule has 1 aromatic heterocycles. The van der Waals surface area contributed by atoms with Crippen molar-refractivity contribution in [3.8, 4) is 0 Å². The summed E-state index contributed by atoms with van der Waals surface area (Å²) in [7, 11) is 0. The number of fused-ring (bicyclic) bond motifs is 1. The number of carboxylic acid groups (broad SMARTS) is 1. The Morgan fingerprint density at radius 1 is 1.07 bits per heavy atom. The molecule has 0 aliphatic carbocycles. The number of carbonyl (C=O) groups excluding carboxylic acids is 1. The fraction of sp³-hybridized carbons (Fsp3) is 0.227. The first-order chi connectivity index (χ1) is 13.5. The van der Waals surface area contributed by atoms with Crippen LogP contribution in [0.15, 0.2) is 60.8 Å². The maximum atomic E-state index is 12.2. The van der Waals surface area contributed by atoms with E-state index in [1.54, 1.807) is 24.4 Å². The molecule has 6 heteroatoms. The van der Waals surface area contributed by atoms with Crippen molar-refractivity contribution in [2.75, 3.05) is 0 Å². The normalized spacial score (nSPS) is 11.9. The summed E-state index contributed by atoms with van der Waals surface area (Å²) in [4.78, 5) is 24.3. The van der Waals surface area contributed by atoms with Gasteiger partial charge in [0.1, 0.15) is 0 Å². The Bertz CT molecular complexity index is 1010. The molecule has 144 valence electrons. The molecule has 0 fully saturated rings. The second-order valence-corrected chi connectivity index (χ2v) is 7.28. The molecular formula is C22H22N2O3S. The fourth-order valence-corrected chi connectivity index (χ4v) is 3.60. The first kappa shape index (κ1) is 19.8. The van der Waals surface area contributed by atoms with Gasteiger partial charge in [-0.15, -0.1) is 0 Å². The molecule has 0 amide bonds. The Hall–Kier alpha value is -2.99. The Balaban J connectivity index is 1.59. The molecule has 0 saturated heterocycles. The average molecular weight is 394 g/mol. The highest BCUT2D eigenvalue weighted by molar-refractivity contribution is 7.80. The second-order valence-electron chi connectivity index (χ2n) is 6.79. The third-order valence-electron chi connectivity index (χ3n) is 4.61. The lowest BCUT2D eigenvalue weighted by Crippen LogP contribution is -2.33. The van der Waals surface area contributed by atoms with E-state index in [1.807, 2.05) is 43.3 Å². The highest BCUT2D eigenvalue weighted by Crippen LogP contribution is 2.22. The average Bonchev–Trinajstić information content (AvgIpc) is 3.05. The second kappa shape index (κ2) is 8.80. The number of carbonyl (C=O) groups is 2. The lowest BCUT2D eigenvalue weighted by Gasteiger charge is -2.15. The van der Waals surface area contributed by atoms with Crippen LogP contribution in [0.3, 0.4) is 0 Å². The third-order valence-corrected chi connectivity index (χ3v) is 4.93. The van der Waals surface area contributed by atoms with E-state index in [-0.39, 0.29) is 11.8 Å². The van der Waals surface area contributed by atoms with Crippen LogP contribution in [-0.4, -0.2) is 32.6 Å². The van der Waals surface area contributed by atoms with Crippen LogP contribution in [0.25, 0.3) is 10.9 Å². The first-order valence-corrected chi connectivity index (χ1v) is 9.56. The van der Waals surface area contributed by atoms with Gasteiger partial charge in [0.25, 0.3) is 0 Å². The summed E-state index contributed by atoms with van der Waals surface area (Å²) in [6.45, 7) is 2.00. The van der Waals surface area contributed by atoms with Crippen molar-refractivity contribution < 1.29 is 14.7 Å². The maximum absolute atomic E-state index is 12.2. The monoisotopic (exact) mass is 394 g/mol. The smallest absolute Gasteiger partial charge is 0.416 e. The number of hydrogen-bond acceptors (Lipinski definition) is 3. The van der Waals surface area contributed by atoms with Gasteiger partial charge < -0.3 is 10.4 Å². The zero-order valence-electron chi connectivity index (χ0n) is 15.6. The van der Waals surface area contributed by atoms with Crippen molar-refractivity contribution >= 4 is 40.0 Å². The number of benzene rings is 2. The van der Waals surface area contributed by atoms with Crippen LogP contribution in [0.4, 0.5) is 4.79 Å². The number of Topliss-reactive ketones (excluding diaryl/α,β-unsaturated/α-hetero) is 1. The van der Waals surface area contributed by atoms with Gasteiger partial charge in [0.05, 0.1) is 10.5 Å². The highest BCUT2D eigenvalue weighted by Gasteiger charge is 2.15. The highest BCUT2D eigenvalue weighted by atomic mass is 32.1. The van der Waals surface area contributed by atoms with Gasteiger partial charge in [-0.3, -0.25) is 9.36 Å². The van der Waals surface area contributed by atoms with Crippen LogP contribution >= 0.6 is 12.2 Å². The minimum Gasteiger partial charge on any atom is -0.464 e. The van der Waals surface area contributed by atoms with E-state index in [2.05, 4.69) is 5.32 Å². The number of ketones is 1. The molecule has 0 spiro atoms. The van der Waals surface area contributed by atoms with Gasteiger partial charge >= 0.3 is 6.09 Å². The van der Waals surface area contributed by atoms with E-state index in [9.17, 15) is 14.7 Å². The quantitative estimate of drug-likeness (QED) is 0.450. The summed E-state index contributed by atoms with van der Waals surface area (Å²) in [5, 5.41) is 13.6. The predicted molar refractivity (Wildman–Crippen MR) is 114 cm³/mol. The Morgan fingerprint density at radius 3 is 2.46 bits per heavy atom. The molecule has 2 N–H and O–H groups in total. The number of aromatic nitrogens is 1. The molecule has 3 rings (SSSR count). The summed E-state index contributed by atoms with van der Waals surface area (Å²) < 4.78 is 1.24. The van der Waals surface area contributed by atoms with Crippen LogP contribution in [0.5, 0.6) is 0 Å². The fourth-order valence-electron chi connectivity index (χ4n) is 3.29. The molecule has 5 nitrogen and oxygen atoms in total. The van der Waals surface area contributed by atoms with Crippen LogP contribution < -0.4 is 5.32 Å². The summed E-state index contributed by atoms with van der Waals surface area (Å²) in [6.07, 6.45) is 2.14. The minimum absolute atomic E-state index is 0.0207. The van der Waals surface area contributed by atoms with Crippen molar-refractivity contribution in [3.05, 3.63) is 71.9 Å². The van der Waals surface area contributed by atoms with Crippen LogP contribution in [0.1, 0.15) is 35.7 Å². The number of rotatable bonds is 7. The summed E-state index contributed by atoms with van der Waals surface area (Å²) in [5.74, 6) is 0.0712. The molecule has 28 heavy (non-hydrogen) atoms. The number of nitrogens with one attached hydrogen (secondary N) is 1. The Kier molecular flexibility index (Phi) is 6.21. The number of hydrogen-bond donors (Lipinski definition) is 2. The van der Waals surface area contributed by atoms with Crippen LogP contribution in [0, 0.1) is 0 Å². The summed E-state index contributed by atoms with van der Waals surface area (Å²) in [6, 6.07) is 16.7. The predicted octanol–water partition coefficient (Wildman–Crippen LogP) is 4.68. The SMILES string of the molecule is C[C@H](Cc1cn(C(=O)O)c2ccccc12)NC(=S)CCC(=O)c1ccccc1.